The number of carbonyl (C=O) groups is 1. The summed E-state index contributed by atoms with van der Waals surface area (Å²) in [6.07, 6.45) is 2.73. The molecule has 4 heteroatoms. The number of fused-ring (bicyclic) bond motifs is 1. The van der Waals surface area contributed by atoms with Crippen LogP contribution in [0.25, 0.3) is 6.08 Å². The Morgan fingerprint density at radius 3 is 2.43 bits per heavy atom. The fourth-order valence-electron chi connectivity index (χ4n) is 2.61. The highest BCUT2D eigenvalue weighted by Gasteiger charge is 2.20. The van der Waals surface area contributed by atoms with Gasteiger partial charge in [0.05, 0.1) is 0 Å². The van der Waals surface area contributed by atoms with Crippen LogP contribution in [0.3, 0.4) is 0 Å². The van der Waals surface area contributed by atoms with Crippen LogP contribution in [0.4, 0.5) is 5.69 Å². The quantitative estimate of drug-likeness (QED) is 0.872. The zero-order valence-corrected chi connectivity index (χ0v) is 12.0. The first-order chi connectivity index (χ1) is 10.1. The average molecular weight is 300 g/mol. The van der Waals surface area contributed by atoms with Gasteiger partial charge in [-0.1, -0.05) is 35.9 Å². The van der Waals surface area contributed by atoms with Crippen LogP contribution in [0.1, 0.15) is 16.7 Å². The third-order valence-electron chi connectivity index (χ3n) is 3.58. The summed E-state index contributed by atoms with van der Waals surface area (Å²) in [6, 6.07) is 13.9. The Morgan fingerprint density at radius 1 is 1.14 bits per heavy atom. The fraction of sp³-hybridized carbons (Fsp3) is 0.118. The third-order valence-corrected chi connectivity index (χ3v) is 3.81. The molecular weight excluding hydrogens is 286 g/mol. The van der Waals surface area contributed by atoms with E-state index in [1.54, 1.807) is 12.1 Å². The van der Waals surface area contributed by atoms with Gasteiger partial charge in [-0.15, -0.1) is 0 Å². The molecule has 0 saturated carbocycles. The number of carboxylic acids is 1. The largest absolute Gasteiger partial charge is 0.478 e. The number of halogens is 1. The number of aliphatic carboxylic acids is 1. The lowest BCUT2D eigenvalue weighted by Gasteiger charge is -2.20. The summed E-state index contributed by atoms with van der Waals surface area (Å²) in [5, 5.41) is 9.41. The maximum Gasteiger partial charge on any atom is 0.328 e. The van der Waals surface area contributed by atoms with E-state index in [1.165, 1.54) is 11.1 Å². The van der Waals surface area contributed by atoms with Crippen LogP contribution in [0.5, 0.6) is 0 Å². The van der Waals surface area contributed by atoms with Gasteiger partial charge in [-0.3, -0.25) is 0 Å². The highest BCUT2D eigenvalue weighted by Crippen LogP contribution is 2.32. The highest BCUT2D eigenvalue weighted by molar-refractivity contribution is 6.30. The maximum absolute atomic E-state index is 10.7. The molecular formula is C17H14ClNO2. The van der Waals surface area contributed by atoms with E-state index in [0.29, 0.717) is 5.02 Å². The zero-order chi connectivity index (χ0) is 14.8. The number of hydrogen-bond donors (Lipinski definition) is 1. The number of anilines is 1. The molecule has 1 aliphatic heterocycles. The second-order valence-electron chi connectivity index (χ2n) is 5.00. The van der Waals surface area contributed by atoms with Crippen molar-refractivity contribution >= 4 is 29.3 Å². The molecule has 0 saturated heterocycles. The lowest BCUT2D eigenvalue weighted by Crippen LogP contribution is -2.15. The summed E-state index contributed by atoms with van der Waals surface area (Å²) in [5.74, 6) is -0.967. The van der Waals surface area contributed by atoms with E-state index in [1.807, 2.05) is 24.3 Å². The molecule has 0 bridgehead atoms. The van der Waals surface area contributed by atoms with Crippen molar-refractivity contribution in [3.8, 4) is 0 Å². The first kappa shape index (κ1) is 13.7. The lowest BCUT2D eigenvalue weighted by atomic mass is 10.1. The smallest absolute Gasteiger partial charge is 0.328 e. The molecule has 1 heterocycles. The van der Waals surface area contributed by atoms with Gasteiger partial charge in [-0.2, -0.15) is 0 Å². The summed E-state index contributed by atoms with van der Waals surface area (Å²) in [6.45, 7) is 1.65. The molecule has 3 rings (SSSR count). The minimum atomic E-state index is -0.967. The fourth-order valence-corrected chi connectivity index (χ4v) is 2.79. The molecule has 0 aromatic heterocycles. The zero-order valence-electron chi connectivity index (χ0n) is 11.3. The van der Waals surface area contributed by atoms with E-state index >= 15 is 0 Å². The summed E-state index contributed by atoms with van der Waals surface area (Å²) < 4.78 is 0. The number of hydrogen-bond acceptors (Lipinski definition) is 2. The minimum Gasteiger partial charge on any atom is -0.478 e. The number of carboxylic acid groups (broad SMARTS) is 1. The van der Waals surface area contributed by atoms with Crippen LogP contribution in [0, 0.1) is 0 Å². The van der Waals surface area contributed by atoms with Gasteiger partial charge in [0.15, 0.2) is 0 Å². The molecule has 2 aromatic carbocycles. The van der Waals surface area contributed by atoms with Gasteiger partial charge in [0.2, 0.25) is 0 Å². The van der Waals surface area contributed by atoms with Crippen LogP contribution < -0.4 is 4.90 Å². The van der Waals surface area contributed by atoms with Crippen LogP contribution in [-0.4, -0.2) is 11.1 Å². The molecule has 0 radical (unpaired) electrons. The SMILES string of the molecule is O=C(O)/C=C/c1cc(Cl)ccc1N1Cc2ccccc2C1. The summed E-state index contributed by atoms with van der Waals surface area (Å²) in [5.41, 5.74) is 4.42. The van der Waals surface area contributed by atoms with E-state index in [2.05, 4.69) is 17.0 Å². The Hall–Kier alpha value is -2.26. The lowest BCUT2D eigenvalue weighted by molar-refractivity contribution is -0.131. The van der Waals surface area contributed by atoms with E-state index in [0.717, 1.165) is 30.4 Å². The van der Waals surface area contributed by atoms with Crippen molar-refractivity contribution in [3.05, 3.63) is 70.3 Å². The van der Waals surface area contributed by atoms with Gasteiger partial charge in [0, 0.05) is 29.9 Å². The van der Waals surface area contributed by atoms with Crippen LogP contribution in [-0.2, 0) is 17.9 Å². The molecule has 0 aliphatic carbocycles. The molecule has 2 aromatic rings. The van der Waals surface area contributed by atoms with Gasteiger partial charge in [0.1, 0.15) is 0 Å². The first-order valence-electron chi connectivity index (χ1n) is 6.66. The monoisotopic (exact) mass is 299 g/mol. The second-order valence-corrected chi connectivity index (χ2v) is 5.44. The van der Waals surface area contributed by atoms with Crippen molar-refractivity contribution in [3.63, 3.8) is 0 Å². The Bertz CT molecular complexity index is 699. The van der Waals surface area contributed by atoms with Crippen molar-refractivity contribution in [2.45, 2.75) is 13.1 Å². The van der Waals surface area contributed by atoms with E-state index in [4.69, 9.17) is 16.7 Å². The average Bonchev–Trinajstić information content (AvgIpc) is 2.88. The van der Waals surface area contributed by atoms with Crippen LogP contribution in [0.2, 0.25) is 5.02 Å². The van der Waals surface area contributed by atoms with E-state index in [-0.39, 0.29) is 0 Å². The Morgan fingerprint density at radius 2 is 1.81 bits per heavy atom. The molecule has 0 fully saturated rings. The molecule has 106 valence electrons. The second kappa shape index (κ2) is 5.62. The molecule has 0 atom stereocenters. The van der Waals surface area contributed by atoms with Crippen molar-refractivity contribution in [2.75, 3.05) is 4.90 Å². The van der Waals surface area contributed by atoms with Gasteiger partial charge >= 0.3 is 5.97 Å². The minimum absolute atomic E-state index is 0.598. The molecule has 3 nitrogen and oxygen atoms in total. The van der Waals surface area contributed by atoms with Gasteiger partial charge in [-0.05, 0) is 41.0 Å². The molecule has 0 unspecified atom stereocenters. The molecule has 1 aliphatic rings. The standard InChI is InChI=1S/C17H14ClNO2/c18-15-6-7-16(12(9-15)5-8-17(20)21)19-10-13-3-1-2-4-14(13)11-19/h1-9H,10-11H2,(H,20,21)/b8-5+. The van der Waals surface area contributed by atoms with Gasteiger partial charge in [0.25, 0.3) is 0 Å². The molecule has 1 N–H and O–H groups in total. The van der Waals surface area contributed by atoms with Gasteiger partial charge in [-0.25, -0.2) is 4.79 Å². The highest BCUT2D eigenvalue weighted by atomic mass is 35.5. The first-order valence-corrected chi connectivity index (χ1v) is 7.03. The predicted molar refractivity (Wildman–Crippen MR) is 84.5 cm³/mol. The molecule has 21 heavy (non-hydrogen) atoms. The van der Waals surface area contributed by atoms with E-state index in [9.17, 15) is 4.79 Å². The normalized spacial score (nSPS) is 13.7. The number of benzene rings is 2. The summed E-state index contributed by atoms with van der Waals surface area (Å²) in [4.78, 5) is 13.0. The molecule has 0 amide bonds. The number of rotatable bonds is 3. The third kappa shape index (κ3) is 2.93. The Labute approximate surface area is 128 Å². The van der Waals surface area contributed by atoms with E-state index < -0.39 is 5.97 Å². The summed E-state index contributed by atoms with van der Waals surface area (Å²) >= 11 is 6.03. The topological polar surface area (TPSA) is 40.5 Å². The van der Waals surface area contributed by atoms with Crippen molar-refractivity contribution in [1.82, 2.24) is 0 Å². The van der Waals surface area contributed by atoms with Crippen molar-refractivity contribution < 1.29 is 9.90 Å². The maximum atomic E-state index is 10.7. The van der Waals surface area contributed by atoms with Crippen molar-refractivity contribution in [2.24, 2.45) is 0 Å². The predicted octanol–water partition coefficient (Wildman–Crippen LogP) is 3.96. The Kier molecular flexibility index (Phi) is 3.67. The van der Waals surface area contributed by atoms with Crippen molar-refractivity contribution in [1.29, 1.82) is 0 Å². The Balaban J connectivity index is 1.95. The summed E-state index contributed by atoms with van der Waals surface area (Å²) in [7, 11) is 0. The number of nitrogens with zero attached hydrogens (tertiary/aromatic N) is 1. The van der Waals surface area contributed by atoms with Gasteiger partial charge < -0.3 is 10.0 Å². The molecule has 0 spiro atoms. The van der Waals surface area contributed by atoms with Crippen LogP contribution in [0.15, 0.2) is 48.5 Å². The van der Waals surface area contributed by atoms with Crippen LogP contribution >= 0.6 is 11.6 Å².